The minimum atomic E-state index is -0.901. The molecule has 0 N–H and O–H groups in total. The van der Waals surface area contributed by atoms with Gasteiger partial charge in [-0.2, -0.15) is 4.39 Å². The van der Waals surface area contributed by atoms with Crippen molar-refractivity contribution in [1.29, 1.82) is 0 Å². The number of rotatable bonds is 9. The molecule has 0 heterocycles. The molecule has 2 aromatic carbocycles. The zero-order chi connectivity index (χ0) is 20.8. The Morgan fingerprint density at radius 2 is 1.79 bits per heavy atom. The molecule has 0 aromatic heterocycles. The summed E-state index contributed by atoms with van der Waals surface area (Å²) in [7, 11) is 0. The Hall–Kier alpha value is -1.11. The minimum absolute atomic E-state index is 0.0167. The fourth-order valence-corrected chi connectivity index (χ4v) is 5.20. The van der Waals surface area contributed by atoms with Crippen molar-refractivity contribution in [1.82, 2.24) is 0 Å². The monoisotopic (exact) mass is 516 g/mol. The van der Waals surface area contributed by atoms with Crippen LogP contribution in [0.5, 0.6) is 11.5 Å². The van der Waals surface area contributed by atoms with Crippen LogP contribution in [0.15, 0.2) is 18.2 Å². The Kier molecular flexibility index (Phi) is 8.39. The van der Waals surface area contributed by atoms with Crippen LogP contribution in [0.2, 0.25) is 0 Å². The van der Waals surface area contributed by atoms with Crippen LogP contribution in [0.1, 0.15) is 65.2 Å². The number of ether oxygens (including phenoxy) is 2. The Labute approximate surface area is 186 Å². The van der Waals surface area contributed by atoms with E-state index in [2.05, 4.69) is 13.8 Å². The Balaban J connectivity index is 1.76. The van der Waals surface area contributed by atoms with E-state index in [1.54, 1.807) is 12.1 Å². The summed E-state index contributed by atoms with van der Waals surface area (Å²) in [6.07, 6.45) is 9.11. The average molecular weight is 516 g/mol. The minimum Gasteiger partial charge on any atom is -0.492 e. The lowest BCUT2D eigenvalue weighted by Gasteiger charge is -2.29. The van der Waals surface area contributed by atoms with Crippen LogP contribution in [0.4, 0.5) is 8.78 Å². The lowest BCUT2D eigenvalue weighted by atomic mass is 9.80. The normalized spacial score (nSPS) is 19.5. The average Bonchev–Trinajstić information content (AvgIpc) is 2.72. The second kappa shape index (κ2) is 10.8. The van der Waals surface area contributed by atoms with Gasteiger partial charge in [-0.05, 0) is 71.2 Å². The molecular formula is C24H31F2IO2. The molecule has 0 amide bonds. The van der Waals surface area contributed by atoms with Gasteiger partial charge in [-0.15, -0.1) is 0 Å². The lowest BCUT2D eigenvalue weighted by Crippen LogP contribution is -2.21. The topological polar surface area (TPSA) is 18.5 Å². The smallest absolute Gasteiger partial charge is 0.201 e. The van der Waals surface area contributed by atoms with E-state index in [0.717, 1.165) is 31.6 Å². The van der Waals surface area contributed by atoms with Gasteiger partial charge in [0, 0.05) is 5.39 Å². The second-order valence-corrected chi connectivity index (χ2v) is 9.26. The lowest BCUT2D eigenvalue weighted by molar-refractivity contribution is 0.166. The molecule has 1 aliphatic rings. The van der Waals surface area contributed by atoms with Crippen LogP contribution in [0, 0.1) is 27.0 Å². The van der Waals surface area contributed by atoms with Crippen molar-refractivity contribution in [3.63, 3.8) is 0 Å². The molecule has 160 valence electrons. The SMILES string of the molecule is CCCCOc1ccc2cc(OCC3CCCC(CCC)C3)c(F)c(F)c2c1I. The summed E-state index contributed by atoms with van der Waals surface area (Å²) in [6.45, 7) is 5.33. The summed E-state index contributed by atoms with van der Waals surface area (Å²) in [5, 5.41) is 0.906. The van der Waals surface area contributed by atoms with Gasteiger partial charge in [0.2, 0.25) is 5.82 Å². The van der Waals surface area contributed by atoms with E-state index in [4.69, 9.17) is 9.47 Å². The predicted molar refractivity (Wildman–Crippen MR) is 123 cm³/mol. The van der Waals surface area contributed by atoms with E-state index < -0.39 is 11.6 Å². The third-order valence-corrected chi connectivity index (χ3v) is 6.94. The third kappa shape index (κ3) is 5.53. The van der Waals surface area contributed by atoms with Crippen LogP contribution < -0.4 is 9.47 Å². The Bertz CT molecular complexity index is 822. The molecule has 5 heteroatoms. The molecule has 0 bridgehead atoms. The first-order chi connectivity index (χ1) is 14.0. The molecule has 1 saturated carbocycles. The maximum absolute atomic E-state index is 14.9. The summed E-state index contributed by atoms with van der Waals surface area (Å²) >= 11 is 2.04. The number of unbranched alkanes of at least 4 members (excludes halogenated alkanes) is 1. The van der Waals surface area contributed by atoms with Crippen LogP contribution >= 0.6 is 22.6 Å². The van der Waals surface area contributed by atoms with E-state index in [-0.39, 0.29) is 11.1 Å². The molecule has 2 nitrogen and oxygen atoms in total. The second-order valence-electron chi connectivity index (χ2n) is 8.18. The number of hydrogen-bond donors (Lipinski definition) is 0. The van der Waals surface area contributed by atoms with Crippen LogP contribution in [0.3, 0.4) is 0 Å². The quantitative estimate of drug-likeness (QED) is 0.249. The van der Waals surface area contributed by atoms with Gasteiger partial charge in [0.05, 0.1) is 16.8 Å². The summed E-state index contributed by atoms with van der Waals surface area (Å²) in [4.78, 5) is 0. The molecule has 2 atom stereocenters. The van der Waals surface area contributed by atoms with Crippen molar-refractivity contribution in [3.8, 4) is 11.5 Å². The molecule has 29 heavy (non-hydrogen) atoms. The molecule has 1 fully saturated rings. The van der Waals surface area contributed by atoms with Crippen LogP contribution in [0.25, 0.3) is 10.8 Å². The molecule has 0 radical (unpaired) electrons. The Morgan fingerprint density at radius 1 is 1.00 bits per heavy atom. The van der Waals surface area contributed by atoms with Gasteiger partial charge in [0.1, 0.15) is 5.75 Å². The summed E-state index contributed by atoms with van der Waals surface area (Å²) in [6, 6.07) is 5.24. The summed E-state index contributed by atoms with van der Waals surface area (Å²) < 4.78 is 41.8. The standard InChI is InChI=1S/C24H31F2IO2/c1-3-5-12-28-19-11-10-18-14-20(22(25)23(26)21(18)24(19)27)29-15-17-9-6-8-16(13-17)7-4-2/h10-11,14,16-17H,3-9,12-13,15H2,1-2H3. The fourth-order valence-electron chi connectivity index (χ4n) is 4.31. The number of hydrogen-bond acceptors (Lipinski definition) is 2. The largest absolute Gasteiger partial charge is 0.492 e. The molecule has 0 aliphatic heterocycles. The van der Waals surface area contributed by atoms with Crippen molar-refractivity contribution < 1.29 is 18.3 Å². The van der Waals surface area contributed by atoms with E-state index in [1.165, 1.54) is 25.7 Å². The van der Waals surface area contributed by atoms with Crippen molar-refractivity contribution >= 4 is 33.4 Å². The zero-order valence-electron chi connectivity index (χ0n) is 17.4. The highest BCUT2D eigenvalue weighted by Crippen LogP contribution is 2.37. The van der Waals surface area contributed by atoms with E-state index in [0.29, 0.717) is 33.8 Å². The van der Waals surface area contributed by atoms with Gasteiger partial charge in [-0.3, -0.25) is 0 Å². The fraction of sp³-hybridized carbons (Fsp3) is 0.583. The third-order valence-electron chi connectivity index (χ3n) is 5.87. The highest BCUT2D eigenvalue weighted by molar-refractivity contribution is 14.1. The van der Waals surface area contributed by atoms with Gasteiger partial charge in [0.15, 0.2) is 11.6 Å². The number of fused-ring (bicyclic) bond motifs is 1. The van der Waals surface area contributed by atoms with E-state index in [1.807, 2.05) is 28.7 Å². The molecule has 2 aromatic rings. The highest BCUT2D eigenvalue weighted by atomic mass is 127. The number of benzene rings is 2. The van der Waals surface area contributed by atoms with Gasteiger partial charge in [-0.25, -0.2) is 4.39 Å². The van der Waals surface area contributed by atoms with Crippen molar-refractivity contribution in [3.05, 3.63) is 33.4 Å². The van der Waals surface area contributed by atoms with Crippen LogP contribution in [-0.2, 0) is 0 Å². The van der Waals surface area contributed by atoms with E-state index in [9.17, 15) is 8.78 Å². The number of halogens is 3. The van der Waals surface area contributed by atoms with Gasteiger partial charge < -0.3 is 9.47 Å². The van der Waals surface area contributed by atoms with Gasteiger partial charge >= 0.3 is 0 Å². The maximum atomic E-state index is 14.9. The van der Waals surface area contributed by atoms with Crippen molar-refractivity contribution in [2.75, 3.05) is 13.2 Å². The van der Waals surface area contributed by atoms with Crippen molar-refractivity contribution in [2.45, 2.75) is 65.2 Å². The Morgan fingerprint density at radius 3 is 2.55 bits per heavy atom. The molecular weight excluding hydrogens is 485 g/mol. The first kappa shape index (κ1) is 22.6. The van der Waals surface area contributed by atoms with E-state index >= 15 is 0 Å². The molecule has 2 unspecified atom stereocenters. The predicted octanol–water partition coefficient (Wildman–Crippen LogP) is 7.89. The maximum Gasteiger partial charge on any atom is 0.201 e. The molecule has 1 aliphatic carbocycles. The first-order valence-electron chi connectivity index (χ1n) is 10.9. The van der Waals surface area contributed by atoms with Gasteiger partial charge in [0.25, 0.3) is 0 Å². The molecule has 3 rings (SSSR count). The van der Waals surface area contributed by atoms with Crippen LogP contribution in [-0.4, -0.2) is 13.2 Å². The first-order valence-corrected chi connectivity index (χ1v) is 12.0. The zero-order valence-corrected chi connectivity index (χ0v) is 19.6. The summed E-state index contributed by atoms with van der Waals surface area (Å²) in [5.41, 5.74) is 0. The van der Waals surface area contributed by atoms with Gasteiger partial charge in [-0.1, -0.05) is 52.0 Å². The highest BCUT2D eigenvalue weighted by Gasteiger charge is 2.24. The summed E-state index contributed by atoms with van der Waals surface area (Å²) in [5.74, 6) is 0.0318. The van der Waals surface area contributed by atoms with Crippen molar-refractivity contribution in [2.24, 2.45) is 11.8 Å². The molecule has 0 spiro atoms. The molecule has 0 saturated heterocycles.